The zero-order chi connectivity index (χ0) is 20.2. The van der Waals surface area contributed by atoms with E-state index >= 15 is 0 Å². The zero-order valence-corrected chi connectivity index (χ0v) is 17.5. The predicted molar refractivity (Wildman–Crippen MR) is 111 cm³/mol. The Kier molecular flexibility index (Phi) is 4.45. The summed E-state index contributed by atoms with van der Waals surface area (Å²) in [5, 5.41) is 5.67. The number of benzene rings is 1. The molecule has 6 nitrogen and oxygen atoms in total. The number of sulfone groups is 1. The van der Waals surface area contributed by atoms with Gasteiger partial charge in [0.25, 0.3) is 5.56 Å². The molecule has 1 saturated carbocycles. The molecule has 0 spiro atoms. The lowest BCUT2D eigenvalue weighted by Gasteiger charge is -2.10. The second kappa shape index (κ2) is 6.58. The summed E-state index contributed by atoms with van der Waals surface area (Å²) < 4.78 is 27.6. The molecule has 4 rings (SSSR count). The van der Waals surface area contributed by atoms with Crippen LogP contribution in [0.5, 0.6) is 0 Å². The summed E-state index contributed by atoms with van der Waals surface area (Å²) in [7, 11) is 0.453. The van der Waals surface area contributed by atoms with E-state index in [2.05, 4.69) is 11.2 Å². The number of aromatic nitrogens is 3. The second-order valence-electron chi connectivity index (χ2n) is 8.15. The fraction of sp³-hybridized carbons (Fsp3) is 0.429. The van der Waals surface area contributed by atoms with Crippen molar-refractivity contribution in [2.45, 2.75) is 31.9 Å². The van der Waals surface area contributed by atoms with Gasteiger partial charge in [0, 0.05) is 43.2 Å². The molecule has 0 saturated heterocycles. The van der Waals surface area contributed by atoms with Crippen LogP contribution >= 0.6 is 0 Å². The predicted octanol–water partition coefficient (Wildman–Crippen LogP) is 2.74. The fourth-order valence-corrected chi connectivity index (χ4v) is 4.63. The lowest BCUT2D eigenvalue weighted by atomic mass is 9.99. The first kappa shape index (κ1) is 18.9. The van der Waals surface area contributed by atoms with Gasteiger partial charge in [0.05, 0.1) is 11.3 Å². The van der Waals surface area contributed by atoms with Crippen LogP contribution in [-0.2, 0) is 36.1 Å². The van der Waals surface area contributed by atoms with E-state index in [0.29, 0.717) is 17.0 Å². The van der Waals surface area contributed by atoms with Crippen molar-refractivity contribution < 1.29 is 8.42 Å². The summed E-state index contributed by atoms with van der Waals surface area (Å²) in [6.45, 7) is 1.80. The van der Waals surface area contributed by atoms with E-state index in [0.717, 1.165) is 34.1 Å². The van der Waals surface area contributed by atoms with Crippen LogP contribution < -0.4 is 5.56 Å². The van der Waals surface area contributed by atoms with Crippen LogP contribution in [0.25, 0.3) is 22.0 Å². The maximum atomic E-state index is 12.1. The third-order valence-corrected chi connectivity index (χ3v) is 6.27. The van der Waals surface area contributed by atoms with Gasteiger partial charge in [0.2, 0.25) is 0 Å². The highest BCUT2D eigenvalue weighted by Gasteiger charge is 2.25. The molecule has 0 bridgehead atoms. The molecule has 0 atom stereocenters. The number of pyridine rings is 1. The standard InChI is InChI=1S/C21H25N3O3S/c1-13-7-16(11-23(2)21(13)25)15-9-17(12-28(4,26)27)20-18(10-15)19(24(3)22-20)8-14-5-6-14/h7,9-11,14H,5-6,8,12H2,1-4H3. The van der Waals surface area contributed by atoms with Crippen LogP contribution in [0, 0.1) is 12.8 Å². The highest BCUT2D eigenvalue weighted by Crippen LogP contribution is 2.36. The van der Waals surface area contributed by atoms with Gasteiger partial charge >= 0.3 is 0 Å². The Morgan fingerprint density at radius 3 is 2.46 bits per heavy atom. The number of hydrogen-bond acceptors (Lipinski definition) is 4. The van der Waals surface area contributed by atoms with Crippen molar-refractivity contribution in [2.75, 3.05) is 6.26 Å². The first-order valence-electron chi connectivity index (χ1n) is 9.46. The highest BCUT2D eigenvalue weighted by molar-refractivity contribution is 7.89. The first-order valence-corrected chi connectivity index (χ1v) is 11.5. The van der Waals surface area contributed by atoms with Crippen molar-refractivity contribution in [3.05, 3.63) is 51.6 Å². The van der Waals surface area contributed by atoms with E-state index in [1.54, 1.807) is 24.7 Å². The van der Waals surface area contributed by atoms with Gasteiger partial charge in [-0.05, 0) is 67.0 Å². The SMILES string of the molecule is Cc1cc(-c2cc(CS(C)(=O)=O)c3nn(C)c(CC4CC4)c3c2)cn(C)c1=O. The maximum absolute atomic E-state index is 12.1. The third kappa shape index (κ3) is 3.63. The van der Waals surface area contributed by atoms with E-state index in [1.165, 1.54) is 19.1 Å². The Morgan fingerprint density at radius 1 is 1.14 bits per heavy atom. The van der Waals surface area contributed by atoms with E-state index < -0.39 is 9.84 Å². The minimum Gasteiger partial charge on any atom is -0.318 e. The van der Waals surface area contributed by atoms with E-state index in [4.69, 9.17) is 0 Å². The van der Waals surface area contributed by atoms with Gasteiger partial charge in [-0.1, -0.05) is 0 Å². The maximum Gasteiger partial charge on any atom is 0.253 e. The average Bonchev–Trinajstić information content (AvgIpc) is 3.35. The average molecular weight is 400 g/mol. The molecule has 2 aromatic heterocycles. The lowest BCUT2D eigenvalue weighted by Crippen LogP contribution is -2.18. The van der Waals surface area contributed by atoms with Crippen molar-refractivity contribution in [3.63, 3.8) is 0 Å². The minimum absolute atomic E-state index is 0.0306. The lowest BCUT2D eigenvalue weighted by molar-refractivity contribution is 0.601. The molecule has 7 heteroatoms. The highest BCUT2D eigenvalue weighted by atomic mass is 32.2. The smallest absolute Gasteiger partial charge is 0.253 e. The summed E-state index contributed by atoms with van der Waals surface area (Å²) in [6.07, 6.45) is 6.49. The Bertz CT molecular complexity index is 1220. The van der Waals surface area contributed by atoms with Crippen LogP contribution in [0.2, 0.25) is 0 Å². The molecule has 148 valence electrons. The topological polar surface area (TPSA) is 74.0 Å². The molecule has 1 aliphatic rings. The number of hydrogen-bond donors (Lipinski definition) is 0. The minimum atomic E-state index is -3.21. The van der Waals surface area contributed by atoms with Crippen molar-refractivity contribution in [1.82, 2.24) is 14.3 Å². The molecule has 0 amide bonds. The monoisotopic (exact) mass is 399 g/mol. The van der Waals surface area contributed by atoms with E-state index in [1.807, 2.05) is 23.9 Å². The van der Waals surface area contributed by atoms with Gasteiger partial charge in [-0.2, -0.15) is 5.10 Å². The van der Waals surface area contributed by atoms with Crippen molar-refractivity contribution in [1.29, 1.82) is 0 Å². The molecule has 3 aromatic rings. The Morgan fingerprint density at radius 2 is 1.86 bits per heavy atom. The number of nitrogens with zero attached hydrogens (tertiary/aromatic N) is 3. The molecule has 2 heterocycles. The first-order chi connectivity index (χ1) is 13.1. The molecule has 0 unspecified atom stereocenters. The molecule has 28 heavy (non-hydrogen) atoms. The van der Waals surface area contributed by atoms with Crippen molar-refractivity contribution in [2.24, 2.45) is 20.0 Å². The molecule has 0 radical (unpaired) electrons. The van der Waals surface area contributed by atoms with Gasteiger partial charge in [-0.25, -0.2) is 8.42 Å². The molecule has 0 aliphatic heterocycles. The van der Waals surface area contributed by atoms with E-state index in [9.17, 15) is 13.2 Å². The van der Waals surface area contributed by atoms with Crippen molar-refractivity contribution in [3.8, 4) is 11.1 Å². The summed E-state index contributed by atoms with van der Waals surface area (Å²) in [4.78, 5) is 12.1. The summed E-state index contributed by atoms with van der Waals surface area (Å²) >= 11 is 0. The van der Waals surface area contributed by atoms with Gasteiger partial charge in [0.15, 0.2) is 9.84 Å². The molecule has 1 fully saturated rings. The van der Waals surface area contributed by atoms with Crippen molar-refractivity contribution >= 4 is 20.7 Å². The third-order valence-electron chi connectivity index (χ3n) is 5.43. The van der Waals surface area contributed by atoms with Gasteiger partial charge in [-0.15, -0.1) is 0 Å². The number of rotatable bonds is 5. The van der Waals surface area contributed by atoms with Gasteiger partial charge in [-0.3, -0.25) is 9.48 Å². The number of aryl methyl sites for hydroxylation is 3. The van der Waals surface area contributed by atoms with Gasteiger partial charge in [0.1, 0.15) is 0 Å². The van der Waals surface area contributed by atoms with Crippen LogP contribution in [0.4, 0.5) is 0 Å². The normalized spacial score (nSPS) is 14.7. The number of fused-ring (bicyclic) bond motifs is 1. The summed E-state index contributed by atoms with van der Waals surface area (Å²) in [5.41, 5.74) is 5.06. The van der Waals surface area contributed by atoms with Crippen LogP contribution in [0.3, 0.4) is 0 Å². The molecule has 1 aromatic carbocycles. The molecule has 0 N–H and O–H groups in total. The summed E-state index contributed by atoms with van der Waals surface area (Å²) in [5.74, 6) is 0.641. The quantitative estimate of drug-likeness (QED) is 0.661. The zero-order valence-electron chi connectivity index (χ0n) is 16.7. The fourth-order valence-electron chi connectivity index (χ4n) is 3.85. The second-order valence-corrected chi connectivity index (χ2v) is 10.3. The van der Waals surface area contributed by atoms with Crippen LogP contribution in [0.15, 0.2) is 29.2 Å². The molecule has 1 aliphatic carbocycles. The Hall–Kier alpha value is -2.41. The van der Waals surface area contributed by atoms with E-state index in [-0.39, 0.29) is 11.3 Å². The van der Waals surface area contributed by atoms with Crippen LogP contribution in [0.1, 0.15) is 29.7 Å². The molecular weight excluding hydrogens is 374 g/mol. The Balaban J connectivity index is 1.97. The summed E-state index contributed by atoms with van der Waals surface area (Å²) in [6, 6.07) is 5.85. The molecular formula is C21H25N3O3S. The largest absolute Gasteiger partial charge is 0.318 e. The van der Waals surface area contributed by atoms with Crippen LogP contribution in [-0.4, -0.2) is 29.0 Å². The van der Waals surface area contributed by atoms with Gasteiger partial charge < -0.3 is 4.57 Å². The Labute approximate surface area is 164 Å².